The molecular formula is C14H25N3O3. The van der Waals surface area contributed by atoms with Crippen LogP contribution < -0.4 is 5.73 Å². The third kappa shape index (κ3) is 2.75. The summed E-state index contributed by atoms with van der Waals surface area (Å²) in [7, 11) is 0. The zero-order chi connectivity index (χ0) is 14.8. The van der Waals surface area contributed by atoms with E-state index >= 15 is 0 Å². The molecular weight excluding hydrogens is 258 g/mol. The van der Waals surface area contributed by atoms with E-state index in [1.807, 2.05) is 4.90 Å². The van der Waals surface area contributed by atoms with E-state index in [0.29, 0.717) is 37.9 Å². The van der Waals surface area contributed by atoms with E-state index < -0.39 is 5.41 Å². The van der Waals surface area contributed by atoms with E-state index in [1.54, 1.807) is 0 Å². The molecule has 0 aliphatic carbocycles. The molecule has 0 radical (unpaired) electrons. The van der Waals surface area contributed by atoms with Crippen molar-refractivity contribution in [2.75, 3.05) is 26.3 Å². The lowest BCUT2D eigenvalue weighted by Gasteiger charge is -2.42. The second kappa shape index (κ2) is 5.99. The van der Waals surface area contributed by atoms with E-state index in [1.165, 1.54) is 0 Å². The number of amides is 1. The van der Waals surface area contributed by atoms with Crippen LogP contribution in [0.1, 0.15) is 33.1 Å². The van der Waals surface area contributed by atoms with Crippen molar-refractivity contribution in [3.05, 3.63) is 0 Å². The highest BCUT2D eigenvalue weighted by Crippen LogP contribution is 2.35. The predicted octanol–water partition coefficient (Wildman–Crippen LogP) is 1.03. The van der Waals surface area contributed by atoms with Gasteiger partial charge in [-0.15, -0.1) is 0 Å². The summed E-state index contributed by atoms with van der Waals surface area (Å²) in [5.74, 6) is 1.00. The van der Waals surface area contributed by atoms with Crippen LogP contribution in [0, 0.1) is 17.3 Å². The highest BCUT2D eigenvalue weighted by Gasteiger charge is 2.47. The molecule has 0 bridgehead atoms. The molecule has 1 amide bonds. The molecule has 6 heteroatoms. The number of carbonyl (C=O) groups is 1. The van der Waals surface area contributed by atoms with Gasteiger partial charge in [-0.2, -0.15) is 0 Å². The minimum Gasteiger partial charge on any atom is -0.409 e. The van der Waals surface area contributed by atoms with Gasteiger partial charge in [-0.3, -0.25) is 4.79 Å². The third-order valence-electron chi connectivity index (χ3n) is 4.51. The Morgan fingerprint density at radius 3 is 2.35 bits per heavy atom. The number of hydrogen-bond acceptors (Lipinski definition) is 4. The molecule has 2 rings (SSSR count). The summed E-state index contributed by atoms with van der Waals surface area (Å²) in [5.41, 5.74) is 4.97. The minimum atomic E-state index is -0.885. The third-order valence-corrected chi connectivity index (χ3v) is 4.51. The number of nitrogens with two attached hydrogens (primary N) is 1. The summed E-state index contributed by atoms with van der Waals surface area (Å²) in [5, 5.41) is 12.2. The number of rotatable bonds is 2. The van der Waals surface area contributed by atoms with Gasteiger partial charge >= 0.3 is 0 Å². The van der Waals surface area contributed by atoms with E-state index in [2.05, 4.69) is 19.0 Å². The quantitative estimate of drug-likeness (QED) is 0.343. The van der Waals surface area contributed by atoms with Crippen LogP contribution in [0.3, 0.4) is 0 Å². The van der Waals surface area contributed by atoms with Gasteiger partial charge in [0, 0.05) is 26.3 Å². The lowest BCUT2D eigenvalue weighted by molar-refractivity contribution is -0.145. The fourth-order valence-corrected chi connectivity index (χ4v) is 3.53. The molecule has 20 heavy (non-hydrogen) atoms. The number of nitrogens with zero attached hydrogens (tertiary/aromatic N) is 2. The normalized spacial score (nSPS) is 31.1. The van der Waals surface area contributed by atoms with Gasteiger partial charge in [-0.05, 0) is 31.1 Å². The molecule has 6 nitrogen and oxygen atoms in total. The monoisotopic (exact) mass is 283 g/mol. The summed E-state index contributed by atoms with van der Waals surface area (Å²) in [6, 6.07) is 0. The van der Waals surface area contributed by atoms with E-state index in [-0.39, 0.29) is 11.7 Å². The lowest BCUT2D eigenvalue weighted by Crippen LogP contribution is -2.56. The SMILES string of the molecule is CC1CC(C)CN(C(=O)C2(C(N)=NO)CCOCC2)C1. The van der Waals surface area contributed by atoms with Gasteiger partial charge < -0.3 is 20.6 Å². The first-order valence-electron chi connectivity index (χ1n) is 7.34. The van der Waals surface area contributed by atoms with Crippen LogP contribution in [0.25, 0.3) is 0 Å². The van der Waals surface area contributed by atoms with Gasteiger partial charge in [0.25, 0.3) is 0 Å². The smallest absolute Gasteiger partial charge is 0.236 e. The molecule has 2 unspecified atom stereocenters. The molecule has 114 valence electrons. The average Bonchev–Trinajstić information content (AvgIpc) is 2.45. The van der Waals surface area contributed by atoms with Gasteiger partial charge in [0.05, 0.1) is 0 Å². The number of amidine groups is 1. The Kier molecular flexibility index (Phi) is 4.52. The molecule has 2 aliphatic rings. The van der Waals surface area contributed by atoms with E-state index in [9.17, 15) is 4.79 Å². The number of carbonyl (C=O) groups excluding carboxylic acids is 1. The molecule has 0 aromatic heterocycles. The van der Waals surface area contributed by atoms with Crippen LogP contribution in [-0.2, 0) is 9.53 Å². The highest BCUT2D eigenvalue weighted by molar-refractivity contribution is 6.06. The van der Waals surface area contributed by atoms with E-state index in [4.69, 9.17) is 15.7 Å². The Morgan fingerprint density at radius 2 is 1.85 bits per heavy atom. The van der Waals surface area contributed by atoms with Crippen molar-refractivity contribution in [2.24, 2.45) is 28.1 Å². The molecule has 2 atom stereocenters. The number of oxime groups is 1. The molecule has 2 saturated heterocycles. The molecule has 0 aromatic rings. The van der Waals surface area contributed by atoms with Crippen molar-refractivity contribution >= 4 is 11.7 Å². The average molecular weight is 283 g/mol. The van der Waals surface area contributed by atoms with Gasteiger partial charge in [-0.1, -0.05) is 19.0 Å². The Bertz CT molecular complexity index is 381. The highest BCUT2D eigenvalue weighted by atomic mass is 16.5. The van der Waals surface area contributed by atoms with Gasteiger partial charge in [0.2, 0.25) is 5.91 Å². The predicted molar refractivity (Wildman–Crippen MR) is 75.4 cm³/mol. The van der Waals surface area contributed by atoms with Crippen molar-refractivity contribution in [3.8, 4) is 0 Å². The molecule has 2 aliphatic heterocycles. The van der Waals surface area contributed by atoms with Crippen LogP contribution in [0.5, 0.6) is 0 Å². The molecule has 0 saturated carbocycles. The Hall–Kier alpha value is -1.30. The number of piperidine rings is 1. The summed E-state index contributed by atoms with van der Waals surface area (Å²) >= 11 is 0. The van der Waals surface area contributed by atoms with Gasteiger partial charge in [0.15, 0.2) is 5.84 Å². The maximum absolute atomic E-state index is 13.0. The Balaban J connectivity index is 2.22. The fraction of sp³-hybridized carbons (Fsp3) is 0.857. The zero-order valence-corrected chi connectivity index (χ0v) is 12.3. The number of ether oxygens (including phenoxy) is 1. The molecule has 3 N–H and O–H groups in total. The number of likely N-dealkylation sites (tertiary alicyclic amines) is 1. The maximum Gasteiger partial charge on any atom is 0.236 e. The minimum absolute atomic E-state index is 0.00509. The summed E-state index contributed by atoms with van der Waals surface area (Å²) in [6.45, 7) is 6.78. The first-order chi connectivity index (χ1) is 9.49. The molecule has 2 heterocycles. The van der Waals surface area contributed by atoms with Gasteiger partial charge in [-0.25, -0.2) is 0 Å². The van der Waals surface area contributed by atoms with Crippen LogP contribution in [0.15, 0.2) is 5.16 Å². The topological polar surface area (TPSA) is 88.2 Å². The zero-order valence-electron chi connectivity index (χ0n) is 12.3. The van der Waals surface area contributed by atoms with Crippen LogP contribution >= 0.6 is 0 Å². The Labute approximate surface area is 119 Å². The summed E-state index contributed by atoms with van der Waals surface area (Å²) in [4.78, 5) is 14.9. The summed E-state index contributed by atoms with van der Waals surface area (Å²) < 4.78 is 5.34. The van der Waals surface area contributed by atoms with Crippen molar-refractivity contribution in [1.29, 1.82) is 0 Å². The standard InChI is InChI=1S/C14H25N3O3/c1-10-7-11(2)9-17(8-10)13(18)14(12(15)16-19)3-5-20-6-4-14/h10-11,19H,3-9H2,1-2H3,(H2,15,16). The van der Waals surface area contributed by atoms with Crippen molar-refractivity contribution in [3.63, 3.8) is 0 Å². The van der Waals surface area contributed by atoms with Crippen LogP contribution in [-0.4, -0.2) is 48.2 Å². The maximum atomic E-state index is 13.0. The molecule has 0 spiro atoms. The molecule has 0 aromatic carbocycles. The first-order valence-corrected chi connectivity index (χ1v) is 7.34. The lowest BCUT2D eigenvalue weighted by atomic mass is 9.76. The van der Waals surface area contributed by atoms with Crippen LogP contribution in [0.4, 0.5) is 0 Å². The first kappa shape index (κ1) is 15.1. The molecule has 2 fully saturated rings. The van der Waals surface area contributed by atoms with Crippen molar-refractivity contribution in [1.82, 2.24) is 4.90 Å². The number of hydrogen-bond donors (Lipinski definition) is 2. The van der Waals surface area contributed by atoms with Crippen LogP contribution in [0.2, 0.25) is 0 Å². The van der Waals surface area contributed by atoms with Crippen molar-refractivity contribution in [2.45, 2.75) is 33.1 Å². The second-order valence-corrected chi connectivity index (χ2v) is 6.34. The fourth-order valence-electron chi connectivity index (χ4n) is 3.53. The largest absolute Gasteiger partial charge is 0.409 e. The Morgan fingerprint density at radius 1 is 1.30 bits per heavy atom. The van der Waals surface area contributed by atoms with Gasteiger partial charge in [0.1, 0.15) is 5.41 Å². The summed E-state index contributed by atoms with van der Waals surface area (Å²) in [6.07, 6.45) is 2.12. The van der Waals surface area contributed by atoms with Crippen molar-refractivity contribution < 1.29 is 14.7 Å². The second-order valence-electron chi connectivity index (χ2n) is 6.34. The van der Waals surface area contributed by atoms with E-state index in [0.717, 1.165) is 19.5 Å².